The van der Waals surface area contributed by atoms with E-state index in [9.17, 15) is 20.1 Å². The Morgan fingerprint density at radius 2 is 1.80 bits per heavy atom. The Hall–Kier alpha value is -0.650. The number of hydrogen-bond acceptors (Lipinski definition) is 5. The topological polar surface area (TPSA) is 87.0 Å². The highest BCUT2D eigenvalue weighted by Gasteiger charge is 2.65. The van der Waals surface area contributed by atoms with Gasteiger partial charge in [0.15, 0.2) is 0 Å². The van der Waals surface area contributed by atoms with E-state index in [2.05, 4.69) is 20.8 Å². The third kappa shape index (κ3) is 3.34. The van der Waals surface area contributed by atoms with E-state index in [4.69, 9.17) is 4.74 Å². The van der Waals surface area contributed by atoms with Crippen molar-refractivity contribution in [2.45, 2.75) is 96.9 Å². The Morgan fingerprint density at radius 3 is 2.50 bits per heavy atom. The quantitative estimate of drug-likeness (QED) is 0.603. The van der Waals surface area contributed by atoms with E-state index in [0.29, 0.717) is 36.0 Å². The van der Waals surface area contributed by atoms with Crippen LogP contribution >= 0.6 is 0 Å². The van der Waals surface area contributed by atoms with Crippen LogP contribution in [0.4, 0.5) is 0 Å². The van der Waals surface area contributed by atoms with Crippen LogP contribution in [0.5, 0.6) is 0 Å². The minimum Gasteiger partial charge on any atom is -0.469 e. The molecular formula is C25H42O5. The maximum atomic E-state index is 11.7. The molecule has 0 saturated heterocycles. The van der Waals surface area contributed by atoms with Gasteiger partial charge in [-0.2, -0.15) is 0 Å². The SMILES string of the molecule is COC(=O)CCC(C)[C@H]1CC[C@H]2C3[C@H](O)CC4C[C@H](O)CC[C@]4(C)[C@H]3C[C@H](O)[C@]12C. The molecule has 172 valence electrons. The van der Waals surface area contributed by atoms with Crippen molar-refractivity contribution in [1.82, 2.24) is 0 Å². The van der Waals surface area contributed by atoms with Crippen LogP contribution in [0.2, 0.25) is 0 Å². The van der Waals surface area contributed by atoms with Crippen molar-refractivity contribution < 1.29 is 24.9 Å². The van der Waals surface area contributed by atoms with Gasteiger partial charge in [-0.15, -0.1) is 0 Å². The smallest absolute Gasteiger partial charge is 0.305 e. The minimum absolute atomic E-state index is 0.111. The second-order valence-corrected chi connectivity index (χ2v) is 11.6. The van der Waals surface area contributed by atoms with Crippen molar-refractivity contribution in [1.29, 1.82) is 0 Å². The van der Waals surface area contributed by atoms with Crippen LogP contribution in [0.15, 0.2) is 0 Å². The number of carbonyl (C=O) groups excluding carboxylic acids is 1. The molecule has 0 bridgehead atoms. The molecule has 4 rings (SSSR count). The molecular weight excluding hydrogens is 380 g/mol. The molecule has 0 radical (unpaired) electrons. The minimum atomic E-state index is -0.369. The van der Waals surface area contributed by atoms with Gasteiger partial charge in [0.1, 0.15) is 0 Å². The van der Waals surface area contributed by atoms with Gasteiger partial charge in [0.05, 0.1) is 25.4 Å². The Bertz CT molecular complexity index is 651. The fraction of sp³-hybridized carbons (Fsp3) is 0.960. The van der Waals surface area contributed by atoms with Crippen LogP contribution in [0.25, 0.3) is 0 Å². The molecule has 0 heterocycles. The summed E-state index contributed by atoms with van der Waals surface area (Å²) in [5, 5.41) is 33.1. The Balaban J connectivity index is 1.58. The number of fused-ring (bicyclic) bond motifs is 5. The lowest BCUT2D eigenvalue weighted by Gasteiger charge is -2.63. The summed E-state index contributed by atoms with van der Waals surface area (Å²) in [5.41, 5.74) is -0.0882. The molecule has 0 amide bonds. The van der Waals surface area contributed by atoms with Gasteiger partial charge in [-0.3, -0.25) is 4.79 Å². The molecule has 3 unspecified atom stereocenters. The van der Waals surface area contributed by atoms with Crippen molar-refractivity contribution in [3.8, 4) is 0 Å². The fourth-order valence-corrected chi connectivity index (χ4v) is 8.78. The van der Waals surface area contributed by atoms with E-state index in [1.165, 1.54) is 7.11 Å². The number of aliphatic hydroxyl groups excluding tert-OH is 3. The van der Waals surface area contributed by atoms with Gasteiger partial charge in [0.25, 0.3) is 0 Å². The summed E-state index contributed by atoms with van der Waals surface area (Å²) in [6, 6.07) is 0. The van der Waals surface area contributed by atoms with Crippen LogP contribution in [-0.2, 0) is 9.53 Å². The number of aliphatic hydroxyl groups is 3. The monoisotopic (exact) mass is 422 g/mol. The molecule has 4 aliphatic rings. The normalized spacial score (nSPS) is 51.4. The highest BCUT2D eigenvalue weighted by Crippen LogP contribution is 2.68. The predicted molar refractivity (Wildman–Crippen MR) is 114 cm³/mol. The maximum absolute atomic E-state index is 11.7. The second kappa shape index (κ2) is 8.04. The number of hydrogen-bond donors (Lipinski definition) is 3. The van der Waals surface area contributed by atoms with E-state index < -0.39 is 0 Å². The van der Waals surface area contributed by atoms with E-state index >= 15 is 0 Å². The number of rotatable bonds is 4. The lowest BCUT2D eigenvalue weighted by molar-refractivity contribution is -0.207. The summed E-state index contributed by atoms with van der Waals surface area (Å²) >= 11 is 0. The Labute approximate surface area is 181 Å². The molecule has 4 fully saturated rings. The zero-order valence-electron chi connectivity index (χ0n) is 19.2. The zero-order chi connectivity index (χ0) is 21.8. The highest BCUT2D eigenvalue weighted by atomic mass is 16.5. The average molecular weight is 423 g/mol. The first-order valence-corrected chi connectivity index (χ1v) is 12.2. The van der Waals surface area contributed by atoms with Crippen molar-refractivity contribution in [3.05, 3.63) is 0 Å². The van der Waals surface area contributed by atoms with E-state index in [1.807, 2.05) is 0 Å². The lowest BCUT2D eigenvalue weighted by Crippen LogP contribution is -2.62. The van der Waals surface area contributed by atoms with Gasteiger partial charge >= 0.3 is 5.97 Å². The van der Waals surface area contributed by atoms with Crippen molar-refractivity contribution >= 4 is 5.97 Å². The van der Waals surface area contributed by atoms with Crippen LogP contribution < -0.4 is 0 Å². The molecule has 0 aromatic carbocycles. The highest BCUT2D eigenvalue weighted by molar-refractivity contribution is 5.69. The zero-order valence-corrected chi connectivity index (χ0v) is 19.2. The van der Waals surface area contributed by atoms with Crippen LogP contribution in [-0.4, -0.2) is 46.7 Å². The first kappa shape index (κ1) is 22.5. The molecule has 4 aliphatic carbocycles. The Morgan fingerprint density at radius 1 is 1.07 bits per heavy atom. The van der Waals surface area contributed by atoms with Gasteiger partial charge in [-0.05, 0) is 97.7 Å². The molecule has 11 atom stereocenters. The van der Waals surface area contributed by atoms with Crippen LogP contribution in [0.3, 0.4) is 0 Å². The second-order valence-electron chi connectivity index (χ2n) is 11.6. The molecule has 0 aromatic rings. The molecule has 0 aliphatic heterocycles. The summed E-state index contributed by atoms with van der Waals surface area (Å²) < 4.78 is 4.83. The first-order valence-electron chi connectivity index (χ1n) is 12.2. The van der Waals surface area contributed by atoms with Gasteiger partial charge in [0, 0.05) is 6.42 Å². The van der Waals surface area contributed by atoms with Gasteiger partial charge < -0.3 is 20.1 Å². The van der Waals surface area contributed by atoms with Crippen molar-refractivity contribution in [2.75, 3.05) is 7.11 Å². The summed E-state index contributed by atoms with van der Waals surface area (Å²) in [4.78, 5) is 11.7. The molecule has 5 nitrogen and oxygen atoms in total. The molecule has 0 spiro atoms. The van der Waals surface area contributed by atoms with Crippen LogP contribution in [0, 0.1) is 46.3 Å². The van der Waals surface area contributed by atoms with E-state index in [1.54, 1.807) is 0 Å². The molecule has 4 saturated carbocycles. The van der Waals surface area contributed by atoms with E-state index in [-0.39, 0.29) is 41.0 Å². The third-order valence-electron chi connectivity index (χ3n) is 10.6. The first-order chi connectivity index (χ1) is 14.1. The largest absolute Gasteiger partial charge is 0.469 e. The molecule has 0 aromatic heterocycles. The van der Waals surface area contributed by atoms with Gasteiger partial charge in [0.2, 0.25) is 0 Å². The van der Waals surface area contributed by atoms with Gasteiger partial charge in [-0.25, -0.2) is 0 Å². The molecule has 5 heteroatoms. The van der Waals surface area contributed by atoms with Crippen LogP contribution in [0.1, 0.15) is 78.6 Å². The van der Waals surface area contributed by atoms with E-state index in [0.717, 1.165) is 51.4 Å². The predicted octanol–water partition coefficient (Wildman–Crippen LogP) is 3.54. The molecule has 3 N–H and O–H groups in total. The fourth-order valence-electron chi connectivity index (χ4n) is 8.78. The summed E-state index contributed by atoms with van der Waals surface area (Å²) in [5.74, 6) is 1.81. The summed E-state index contributed by atoms with van der Waals surface area (Å²) in [6.45, 7) is 6.85. The Kier molecular flexibility index (Phi) is 6.04. The molecule has 30 heavy (non-hydrogen) atoms. The standard InChI is InChI=1S/C25H42O5/c1-14(5-8-22(29)30-4)17-6-7-18-23-19(13-21(28)25(17,18)3)24(2)10-9-16(26)11-15(24)12-20(23)27/h14-21,23,26-28H,5-13H2,1-4H3/t14?,15?,16-,17-,18+,19+,20-,21+,23?,24+,25-/m1/s1. The van der Waals surface area contributed by atoms with Gasteiger partial charge in [-0.1, -0.05) is 20.8 Å². The number of carbonyl (C=O) groups is 1. The summed E-state index contributed by atoms with van der Waals surface area (Å²) in [7, 11) is 1.44. The number of ether oxygens (including phenoxy) is 1. The third-order valence-corrected chi connectivity index (χ3v) is 10.6. The van der Waals surface area contributed by atoms with Crippen molar-refractivity contribution in [2.24, 2.45) is 46.3 Å². The number of esters is 1. The number of methoxy groups -OCH3 is 1. The summed E-state index contributed by atoms with van der Waals surface area (Å²) in [6.07, 6.45) is 6.60. The average Bonchev–Trinajstić information content (AvgIpc) is 3.06. The maximum Gasteiger partial charge on any atom is 0.305 e. The lowest BCUT2D eigenvalue weighted by atomic mass is 9.43. The van der Waals surface area contributed by atoms with Crippen molar-refractivity contribution in [3.63, 3.8) is 0 Å².